The van der Waals surface area contributed by atoms with Gasteiger partial charge in [-0.15, -0.1) is 0 Å². The number of ether oxygens (including phenoxy) is 1. The molecule has 1 aromatic rings. The van der Waals surface area contributed by atoms with E-state index in [2.05, 4.69) is 0 Å². The first kappa shape index (κ1) is 11.9. The Morgan fingerprint density at radius 2 is 2.00 bits per heavy atom. The predicted octanol–water partition coefficient (Wildman–Crippen LogP) is 1.91. The maximum absolute atomic E-state index is 9.74. The van der Waals surface area contributed by atoms with Gasteiger partial charge in [0.2, 0.25) is 0 Å². The molecule has 3 heteroatoms. The van der Waals surface area contributed by atoms with E-state index >= 15 is 0 Å². The second kappa shape index (κ2) is 4.53. The number of hydrogen-bond acceptors (Lipinski definition) is 3. The smallest absolute Gasteiger partial charge is 0.163 e. The second-order valence-corrected chi connectivity index (χ2v) is 4.02. The van der Waals surface area contributed by atoms with E-state index in [1.54, 1.807) is 13.2 Å². The van der Waals surface area contributed by atoms with Crippen molar-refractivity contribution in [2.45, 2.75) is 33.2 Å². The van der Waals surface area contributed by atoms with Crippen LogP contribution in [0.3, 0.4) is 0 Å². The zero-order valence-corrected chi connectivity index (χ0v) is 9.79. The molecule has 15 heavy (non-hydrogen) atoms. The van der Waals surface area contributed by atoms with Gasteiger partial charge in [-0.05, 0) is 49.9 Å². The topological polar surface area (TPSA) is 55.5 Å². The molecule has 0 fully saturated rings. The lowest BCUT2D eigenvalue weighted by atomic mass is 9.97. The van der Waals surface area contributed by atoms with Crippen molar-refractivity contribution in [2.24, 2.45) is 5.73 Å². The molecule has 3 nitrogen and oxygen atoms in total. The first-order valence-corrected chi connectivity index (χ1v) is 5.09. The van der Waals surface area contributed by atoms with E-state index in [0.717, 1.165) is 23.1 Å². The van der Waals surface area contributed by atoms with Crippen LogP contribution in [0.15, 0.2) is 6.07 Å². The van der Waals surface area contributed by atoms with Gasteiger partial charge in [0.1, 0.15) is 0 Å². The van der Waals surface area contributed by atoms with Crippen LogP contribution in [0.25, 0.3) is 0 Å². The summed E-state index contributed by atoms with van der Waals surface area (Å²) in [5.41, 5.74) is 8.96. The SMILES string of the molecule is COc1c(O)cc(CC(C)N)c(C)c1C. The minimum atomic E-state index is 0.0934. The number of rotatable bonds is 3. The van der Waals surface area contributed by atoms with Crippen molar-refractivity contribution in [2.75, 3.05) is 7.11 Å². The fourth-order valence-corrected chi connectivity index (χ4v) is 1.76. The minimum Gasteiger partial charge on any atom is -0.504 e. The standard InChI is InChI=1S/C12H19NO2/c1-7(13)5-10-6-11(14)12(15-4)9(3)8(10)2/h6-7,14H,5,13H2,1-4H3. The zero-order valence-electron chi connectivity index (χ0n) is 9.79. The Hall–Kier alpha value is -1.22. The Morgan fingerprint density at radius 3 is 2.47 bits per heavy atom. The summed E-state index contributed by atoms with van der Waals surface area (Å²) in [5, 5.41) is 9.74. The maximum Gasteiger partial charge on any atom is 0.163 e. The van der Waals surface area contributed by atoms with E-state index in [1.165, 1.54) is 0 Å². The second-order valence-electron chi connectivity index (χ2n) is 4.02. The van der Waals surface area contributed by atoms with Crippen molar-refractivity contribution < 1.29 is 9.84 Å². The Morgan fingerprint density at radius 1 is 1.40 bits per heavy atom. The lowest BCUT2D eigenvalue weighted by Crippen LogP contribution is -2.18. The largest absolute Gasteiger partial charge is 0.504 e. The fraction of sp³-hybridized carbons (Fsp3) is 0.500. The van der Waals surface area contributed by atoms with Crippen molar-refractivity contribution in [3.8, 4) is 11.5 Å². The van der Waals surface area contributed by atoms with Crippen LogP contribution < -0.4 is 10.5 Å². The summed E-state index contributed by atoms with van der Waals surface area (Å²) in [4.78, 5) is 0. The molecule has 1 atom stereocenters. The number of hydrogen-bond donors (Lipinski definition) is 2. The van der Waals surface area contributed by atoms with Crippen LogP contribution in [0, 0.1) is 13.8 Å². The van der Waals surface area contributed by atoms with Crippen molar-refractivity contribution >= 4 is 0 Å². The van der Waals surface area contributed by atoms with E-state index in [4.69, 9.17) is 10.5 Å². The highest BCUT2D eigenvalue weighted by atomic mass is 16.5. The predicted molar refractivity (Wildman–Crippen MR) is 61.5 cm³/mol. The highest BCUT2D eigenvalue weighted by Crippen LogP contribution is 2.34. The fourth-order valence-electron chi connectivity index (χ4n) is 1.76. The lowest BCUT2D eigenvalue weighted by Gasteiger charge is -2.15. The molecule has 0 bridgehead atoms. The summed E-state index contributed by atoms with van der Waals surface area (Å²) in [5.74, 6) is 0.747. The van der Waals surface area contributed by atoms with Gasteiger partial charge in [-0.25, -0.2) is 0 Å². The molecule has 1 rings (SSSR count). The maximum atomic E-state index is 9.74. The molecule has 0 heterocycles. The average molecular weight is 209 g/mol. The van der Waals surface area contributed by atoms with E-state index in [1.807, 2.05) is 20.8 Å². The summed E-state index contributed by atoms with van der Waals surface area (Å²) in [7, 11) is 1.56. The van der Waals surface area contributed by atoms with Crippen molar-refractivity contribution in [3.05, 3.63) is 22.8 Å². The molecule has 3 N–H and O–H groups in total. The molecule has 0 aliphatic rings. The van der Waals surface area contributed by atoms with Crippen LogP contribution in [0.5, 0.6) is 11.5 Å². The number of phenolic OH excluding ortho intramolecular Hbond substituents is 1. The van der Waals surface area contributed by atoms with E-state index in [-0.39, 0.29) is 11.8 Å². The number of aromatic hydroxyl groups is 1. The van der Waals surface area contributed by atoms with E-state index < -0.39 is 0 Å². The molecular weight excluding hydrogens is 190 g/mol. The van der Waals surface area contributed by atoms with Gasteiger partial charge >= 0.3 is 0 Å². The Balaban J connectivity index is 3.21. The van der Waals surface area contributed by atoms with Crippen LogP contribution in [0.4, 0.5) is 0 Å². The Kier molecular flexibility index (Phi) is 3.58. The summed E-state index contributed by atoms with van der Waals surface area (Å²) in [6, 6.07) is 1.83. The summed E-state index contributed by atoms with van der Waals surface area (Å²) < 4.78 is 5.14. The van der Waals surface area contributed by atoms with Gasteiger partial charge in [0.15, 0.2) is 11.5 Å². The van der Waals surface area contributed by atoms with Gasteiger partial charge in [-0.3, -0.25) is 0 Å². The quantitative estimate of drug-likeness (QED) is 0.799. The molecule has 0 saturated heterocycles. The number of phenols is 1. The molecule has 0 spiro atoms. The third kappa shape index (κ3) is 2.42. The average Bonchev–Trinajstić information content (AvgIpc) is 2.14. The highest BCUT2D eigenvalue weighted by Gasteiger charge is 2.13. The van der Waals surface area contributed by atoms with Crippen LogP contribution in [0.1, 0.15) is 23.6 Å². The molecule has 0 saturated carbocycles. The summed E-state index contributed by atoms with van der Waals surface area (Å²) in [6.07, 6.45) is 0.768. The van der Waals surface area contributed by atoms with Crippen LogP contribution in [-0.4, -0.2) is 18.3 Å². The highest BCUT2D eigenvalue weighted by molar-refractivity contribution is 5.52. The van der Waals surface area contributed by atoms with Gasteiger partial charge in [-0.2, -0.15) is 0 Å². The van der Waals surface area contributed by atoms with Gasteiger partial charge < -0.3 is 15.6 Å². The van der Waals surface area contributed by atoms with E-state index in [9.17, 15) is 5.11 Å². The molecule has 0 aromatic heterocycles. The normalized spacial score (nSPS) is 12.6. The summed E-state index contributed by atoms with van der Waals surface area (Å²) in [6.45, 7) is 5.92. The third-order valence-electron chi connectivity index (χ3n) is 2.67. The van der Waals surface area contributed by atoms with Crippen LogP contribution in [-0.2, 0) is 6.42 Å². The minimum absolute atomic E-state index is 0.0934. The van der Waals surface area contributed by atoms with Gasteiger partial charge in [0.25, 0.3) is 0 Å². The molecule has 1 aromatic carbocycles. The van der Waals surface area contributed by atoms with Crippen molar-refractivity contribution in [1.29, 1.82) is 0 Å². The molecule has 0 radical (unpaired) electrons. The van der Waals surface area contributed by atoms with Gasteiger partial charge in [0, 0.05) is 6.04 Å². The monoisotopic (exact) mass is 209 g/mol. The van der Waals surface area contributed by atoms with Gasteiger partial charge in [-0.1, -0.05) is 0 Å². The molecule has 0 aliphatic heterocycles. The Bertz CT molecular complexity index is 359. The van der Waals surface area contributed by atoms with Crippen LogP contribution >= 0.6 is 0 Å². The summed E-state index contributed by atoms with van der Waals surface area (Å²) >= 11 is 0. The number of benzene rings is 1. The third-order valence-corrected chi connectivity index (χ3v) is 2.67. The lowest BCUT2D eigenvalue weighted by molar-refractivity contribution is 0.370. The molecule has 1 unspecified atom stereocenters. The number of nitrogens with two attached hydrogens (primary N) is 1. The number of methoxy groups -OCH3 is 1. The molecule has 0 aliphatic carbocycles. The molecule has 0 amide bonds. The zero-order chi connectivity index (χ0) is 11.6. The van der Waals surface area contributed by atoms with Crippen molar-refractivity contribution in [3.63, 3.8) is 0 Å². The molecule has 84 valence electrons. The van der Waals surface area contributed by atoms with Crippen LogP contribution in [0.2, 0.25) is 0 Å². The Labute approximate surface area is 90.9 Å². The first-order valence-electron chi connectivity index (χ1n) is 5.09. The molecular formula is C12H19NO2. The first-order chi connectivity index (χ1) is 6.97. The van der Waals surface area contributed by atoms with E-state index in [0.29, 0.717) is 5.75 Å². The van der Waals surface area contributed by atoms with Crippen molar-refractivity contribution in [1.82, 2.24) is 0 Å². The van der Waals surface area contributed by atoms with Gasteiger partial charge in [0.05, 0.1) is 7.11 Å².